The fourth-order valence-electron chi connectivity index (χ4n) is 3.82. The average molecular weight is 367 g/mol. The number of amides is 1. The molecular formula is C22H30N4O. The van der Waals surface area contributed by atoms with E-state index < -0.39 is 0 Å². The molecule has 0 aliphatic carbocycles. The van der Waals surface area contributed by atoms with Crippen LogP contribution in [-0.2, 0) is 4.79 Å². The second-order valence-electron chi connectivity index (χ2n) is 7.57. The molecule has 1 amide bonds. The normalized spacial score (nSPS) is 19.7. The van der Waals surface area contributed by atoms with Gasteiger partial charge < -0.3 is 5.32 Å². The lowest BCUT2D eigenvalue weighted by atomic mass is 10.0. The molecule has 3 rings (SSSR count). The zero-order valence-corrected chi connectivity index (χ0v) is 16.1. The van der Waals surface area contributed by atoms with Crippen LogP contribution in [0, 0.1) is 12.3 Å². The largest absolute Gasteiger partial charge is 0.354 e. The highest BCUT2D eigenvalue weighted by Crippen LogP contribution is 2.37. The van der Waals surface area contributed by atoms with Crippen LogP contribution in [0.5, 0.6) is 0 Å². The van der Waals surface area contributed by atoms with E-state index in [-0.39, 0.29) is 17.6 Å². The van der Waals surface area contributed by atoms with Gasteiger partial charge in [0.2, 0.25) is 5.91 Å². The molecular weight excluding hydrogens is 336 g/mol. The Bertz CT molecular complexity index is 665. The number of carbonyl (C=O) groups excluding carboxylic acids is 1. The summed E-state index contributed by atoms with van der Waals surface area (Å²) in [5.41, 5.74) is 0.894. The van der Waals surface area contributed by atoms with Crippen molar-refractivity contribution in [2.75, 3.05) is 19.6 Å². The highest BCUT2D eigenvalue weighted by atomic mass is 16.1. The van der Waals surface area contributed by atoms with Gasteiger partial charge in [0, 0.05) is 32.2 Å². The van der Waals surface area contributed by atoms with Gasteiger partial charge >= 0.3 is 0 Å². The van der Waals surface area contributed by atoms with E-state index in [4.69, 9.17) is 6.42 Å². The summed E-state index contributed by atoms with van der Waals surface area (Å²) in [6.07, 6.45) is 12.9. The van der Waals surface area contributed by atoms with Crippen molar-refractivity contribution >= 4 is 5.91 Å². The number of benzene rings is 1. The highest BCUT2D eigenvalue weighted by Gasteiger charge is 2.39. The minimum atomic E-state index is -0.382. The van der Waals surface area contributed by atoms with Gasteiger partial charge in [-0.25, -0.2) is 0 Å². The molecule has 1 N–H and O–H groups in total. The van der Waals surface area contributed by atoms with E-state index in [1.165, 1.54) is 31.2 Å². The number of nitrogens with zero attached hydrogens (tertiary/aromatic N) is 3. The van der Waals surface area contributed by atoms with E-state index in [0.29, 0.717) is 25.8 Å². The fourth-order valence-corrected chi connectivity index (χ4v) is 3.82. The molecule has 1 saturated heterocycles. The molecule has 0 spiro atoms. The maximum Gasteiger partial charge on any atom is 0.220 e. The van der Waals surface area contributed by atoms with E-state index in [1.807, 2.05) is 6.07 Å². The quantitative estimate of drug-likeness (QED) is 0.670. The molecule has 0 bridgehead atoms. The maximum atomic E-state index is 12.4. The van der Waals surface area contributed by atoms with Crippen molar-refractivity contribution in [1.29, 1.82) is 0 Å². The summed E-state index contributed by atoms with van der Waals surface area (Å²) >= 11 is 0. The minimum Gasteiger partial charge on any atom is -0.354 e. The van der Waals surface area contributed by atoms with Gasteiger partial charge in [0.15, 0.2) is 5.66 Å². The Morgan fingerprint density at radius 3 is 2.48 bits per heavy atom. The Balaban J connectivity index is 1.53. The summed E-state index contributed by atoms with van der Waals surface area (Å²) < 4.78 is 0. The van der Waals surface area contributed by atoms with Crippen LogP contribution in [0.25, 0.3) is 0 Å². The average Bonchev–Trinajstić information content (AvgIpc) is 3.51. The van der Waals surface area contributed by atoms with Crippen molar-refractivity contribution in [3.63, 3.8) is 0 Å². The molecule has 1 aromatic carbocycles. The van der Waals surface area contributed by atoms with Crippen LogP contribution in [0.3, 0.4) is 0 Å². The highest BCUT2D eigenvalue weighted by molar-refractivity contribution is 5.76. The Kier molecular flexibility index (Phi) is 7.00. The molecule has 0 saturated carbocycles. The first-order chi connectivity index (χ1) is 13.2. The Morgan fingerprint density at radius 2 is 1.85 bits per heavy atom. The van der Waals surface area contributed by atoms with Gasteiger partial charge in [0.05, 0.1) is 6.04 Å². The topological polar surface area (TPSA) is 57.1 Å². The molecule has 5 nitrogen and oxygen atoms in total. The van der Waals surface area contributed by atoms with Crippen LogP contribution < -0.4 is 5.32 Å². The molecule has 2 aliphatic heterocycles. The lowest BCUT2D eigenvalue weighted by Gasteiger charge is -2.31. The van der Waals surface area contributed by atoms with Crippen molar-refractivity contribution in [3.05, 3.63) is 35.9 Å². The fraction of sp³-hybridized carbons (Fsp3) is 0.591. The van der Waals surface area contributed by atoms with Crippen molar-refractivity contribution in [1.82, 2.24) is 10.2 Å². The number of likely N-dealkylation sites (tertiary alicyclic amines) is 1. The van der Waals surface area contributed by atoms with Gasteiger partial charge in [0.25, 0.3) is 0 Å². The van der Waals surface area contributed by atoms with Crippen molar-refractivity contribution in [2.24, 2.45) is 10.2 Å². The third kappa shape index (κ3) is 5.90. The summed E-state index contributed by atoms with van der Waals surface area (Å²) in [5.74, 6) is 2.70. The number of terminal acetylenes is 1. The predicted octanol–water partition coefficient (Wildman–Crippen LogP) is 4.08. The molecule has 1 fully saturated rings. The Labute approximate surface area is 162 Å². The molecule has 144 valence electrons. The van der Waals surface area contributed by atoms with Crippen molar-refractivity contribution in [3.8, 4) is 12.3 Å². The van der Waals surface area contributed by atoms with Gasteiger partial charge in [-0.1, -0.05) is 43.2 Å². The SMILES string of the molecule is C#CCCC1(CCC(=O)NCC(c2ccccc2)N2CCCCCC2)N=N1. The van der Waals surface area contributed by atoms with Gasteiger partial charge in [-0.05, 0) is 31.5 Å². The van der Waals surface area contributed by atoms with E-state index in [9.17, 15) is 4.79 Å². The van der Waals surface area contributed by atoms with E-state index in [1.54, 1.807) is 0 Å². The van der Waals surface area contributed by atoms with E-state index in [2.05, 4.69) is 50.6 Å². The van der Waals surface area contributed by atoms with Gasteiger partial charge in [-0.15, -0.1) is 12.3 Å². The lowest BCUT2D eigenvalue weighted by Crippen LogP contribution is -2.38. The van der Waals surface area contributed by atoms with Gasteiger partial charge in [-0.2, -0.15) is 10.2 Å². The number of carbonyl (C=O) groups is 1. The minimum absolute atomic E-state index is 0.0723. The zero-order chi connectivity index (χ0) is 19.0. The third-order valence-corrected chi connectivity index (χ3v) is 5.56. The molecule has 27 heavy (non-hydrogen) atoms. The third-order valence-electron chi connectivity index (χ3n) is 5.56. The number of rotatable bonds is 9. The van der Waals surface area contributed by atoms with E-state index >= 15 is 0 Å². The first kappa shape index (κ1) is 19.6. The Morgan fingerprint density at radius 1 is 1.15 bits per heavy atom. The van der Waals surface area contributed by atoms with Gasteiger partial charge in [0.1, 0.15) is 0 Å². The molecule has 0 aromatic heterocycles. The molecule has 2 aliphatic rings. The molecule has 1 unspecified atom stereocenters. The van der Waals surface area contributed by atoms with Crippen molar-refractivity contribution < 1.29 is 4.79 Å². The molecule has 2 heterocycles. The second kappa shape index (κ2) is 9.66. The lowest BCUT2D eigenvalue weighted by molar-refractivity contribution is -0.121. The molecule has 5 heteroatoms. The second-order valence-corrected chi connectivity index (χ2v) is 7.57. The van der Waals surface area contributed by atoms with Crippen LogP contribution in [0.15, 0.2) is 40.6 Å². The maximum absolute atomic E-state index is 12.4. The van der Waals surface area contributed by atoms with Crippen molar-refractivity contribution in [2.45, 2.75) is 63.1 Å². The monoisotopic (exact) mass is 366 g/mol. The first-order valence-electron chi connectivity index (χ1n) is 10.2. The first-order valence-corrected chi connectivity index (χ1v) is 10.2. The number of hydrogen-bond donors (Lipinski definition) is 1. The molecule has 1 atom stereocenters. The van der Waals surface area contributed by atoms with Gasteiger partial charge in [-0.3, -0.25) is 9.69 Å². The van der Waals surface area contributed by atoms with Crippen LogP contribution in [0.1, 0.15) is 63.0 Å². The van der Waals surface area contributed by atoms with Crippen LogP contribution in [0.4, 0.5) is 0 Å². The predicted molar refractivity (Wildman–Crippen MR) is 107 cm³/mol. The summed E-state index contributed by atoms with van der Waals surface area (Å²) in [4.78, 5) is 15.0. The summed E-state index contributed by atoms with van der Waals surface area (Å²) in [7, 11) is 0. The number of hydrogen-bond acceptors (Lipinski definition) is 4. The summed E-state index contributed by atoms with van der Waals surface area (Å²) in [5, 5.41) is 11.4. The smallest absolute Gasteiger partial charge is 0.220 e. The van der Waals surface area contributed by atoms with Crippen LogP contribution in [-0.4, -0.2) is 36.1 Å². The molecule has 1 aromatic rings. The Hall–Kier alpha value is -2.19. The number of nitrogens with one attached hydrogen (secondary N) is 1. The molecule has 0 radical (unpaired) electrons. The van der Waals surface area contributed by atoms with Crippen LogP contribution in [0.2, 0.25) is 0 Å². The zero-order valence-electron chi connectivity index (χ0n) is 16.1. The van der Waals surface area contributed by atoms with Crippen LogP contribution >= 0.6 is 0 Å². The summed E-state index contributed by atoms with van der Waals surface area (Å²) in [6, 6.07) is 10.8. The van der Waals surface area contributed by atoms with E-state index in [0.717, 1.165) is 19.5 Å². The summed E-state index contributed by atoms with van der Waals surface area (Å²) in [6.45, 7) is 2.85. The standard InChI is InChI=1S/C22H30N4O/c1-2-3-14-22(24-25-22)15-13-21(27)23-18-20(19-11-7-6-8-12-19)26-16-9-4-5-10-17-26/h1,6-8,11-12,20H,3-5,9-10,13-18H2,(H,23,27).